The van der Waals surface area contributed by atoms with Gasteiger partial charge in [0.25, 0.3) is 0 Å². The second-order valence-corrected chi connectivity index (χ2v) is 7.41. The van der Waals surface area contributed by atoms with Crippen LogP contribution in [0.15, 0.2) is 6.33 Å². The van der Waals surface area contributed by atoms with E-state index in [0.717, 1.165) is 0 Å². The first kappa shape index (κ1) is 19.4. The third-order valence-electron chi connectivity index (χ3n) is 4.32. The van der Waals surface area contributed by atoms with Crippen molar-refractivity contribution in [3.05, 3.63) is 12.0 Å². The van der Waals surface area contributed by atoms with Crippen LogP contribution in [-0.4, -0.2) is 66.0 Å². The number of nitrogens with zero attached hydrogens (tertiary/aromatic N) is 4. The molecule has 4 atom stereocenters. The van der Waals surface area contributed by atoms with Gasteiger partial charge in [0.1, 0.15) is 47.5 Å². The second-order valence-electron chi connectivity index (χ2n) is 7.41. The lowest BCUT2D eigenvalue weighted by Gasteiger charge is -2.16. The highest BCUT2D eigenvalue weighted by Crippen LogP contribution is 2.36. The number of aromatic nitrogens is 4. The molecular formula is C16H23N5O6. The van der Waals surface area contributed by atoms with E-state index in [0.29, 0.717) is 11.0 Å². The number of hydrogen-bond acceptors (Lipinski definition) is 10. The van der Waals surface area contributed by atoms with Crippen molar-refractivity contribution in [3.63, 3.8) is 0 Å². The van der Waals surface area contributed by atoms with Gasteiger partial charge in [0, 0.05) is 0 Å². The third kappa shape index (κ3) is 3.46. The molecule has 27 heavy (non-hydrogen) atoms. The molecule has 0 saturated carbocycles. The van der Waals surface area contributed by atoms with Gasteiger partial charge in [0.15, 0.2) is 12.5 Å². The Bertz CT molecular complexity index is 848. The Kier molecular flexibility index (Phi) is 5.04. The maximum Gasteiger partial charge on any atom is 0.313 e. The van der Waals surface area contributed by atoms with Gasteiger partial charge in [-0.05, 0) is 20.8 Å². The Morgan fingerprint density at radius 2 is 2.04 bits per heavy atom. The Balaban J connectivity index is 1.98. The van der Waals surface area contributed by atoms with Crippen LogP contribution in [0.5, 0.6) is 0 Å². The quantitative estimate of drug-likeness (QED) is 0.488. The molecule has 0 aromatic carbocycles. The van der Waals surface area contributed by atoms with Gasteiger partial charge >= 0.3 is 5.97 Å². The lowest BCUT2D eigenvalue weighted by molar-refractivity contribution is -0.157. The van der Waals surface area contributed by atoms with Crippen molar-refractivity contribution in [2.75, 3.05) is 12.3 Å². The van der Waals surface area contributed by atoms with Crippen LogP contribution in [0.4, 0.5) is 5.82 Å². The molecule has 0 spiro atoms. The number of rotatable bonds is 4. The molecule has 11 nitrogen and oxygen atoms in total. The topological polar surface area (TPSA) is 166 Å². The fourth-order valence-corrected chi connectivity index (χ4v) is 2.81. The molecule has 2 aromatic rings. The molecule has 0 unspecified atom stereocenters. The number of ether oxygens (including phenoxy) is 2. The van der Waals surface area contributed by atoms with E-state index >= 15 is 0 Å². The fraction of sp³-hybridized carbons (Fsp3) is 0.625. The van der Waals surface area contributed by atoms with Crippen LogP contribution >= 0.6 is 0 Å². The van der Waals surface area contributed by atoms with Crippen LogP contribution in [0, 0.1) is 5.41 Å². The first-order valence-electron chi connectivity index (χ1n) is 8.41. The Labute approximate surface area is 154 Å². The van der Waals surface area contributed by atoms with Gasteiger partial charge in [-0.1, -0.05) is 0 Å². The number of aliphatic hydroxyl groups is 3. The standard InChI is InChI=1S/C16H23N5O6/c1-16(2,3)15(25)26-6-21-10-8(18-5-19-14(10)17)9(20-21)13-12(24)11(23)7(4-22)27-13/h5,7,11-13,22-24H,4,6H2,1-3H3,(H2,17,18,19)/t7-,11-,12-,13+/m1/s1. The van der Waals surface area contributed by atoms with Crippen molar-refractivity contribution in [2.45, 2.75) is 51.9 Å². The monoisotopic (exact) mass is 381 g/mol. The molecule has 0 aliphatic carbocycles. The maximum absolute atomic E-state index is 12.0. The van der Waals surface area contributed by atoms with Crippen molar-refractivity contribution < 1.29 is 29.6 Å². The molecule has 11 heteroatoms. The van der Waals surface area contributed by atoms with Gasteiger partial charge in [-0.2, -0.15) is 5.10 Å². The molecule has 1 saturated heterocycles. The molecule has 3 heterocycles. The SMILES string of the molecule is CC(C)(C)C(=O)OCn1nc([C@@H]2O[C@H](CO)[C@@H](O)[C@H]2O)c2ncnc(N)c21. The average Bonchev–Trinajstić information content (AvgIpc) is 3.11. The van der Waals surface area contributed by atoms with Gasteiger partial charge in [-0.3, -0.25) is 4.79 Å². The minimum atomic E-state index is -1.32. The first-order chi connectivity index (χ1) is 12.6. The van der Waals surface area contributed by atoms with E-state index in [2.05, 4.69) is 15.1 Å². The van der Waals surface area contributed by atoms with Gasteiger partial charge < -0.3 is 30.5 Å². The summed E-state index contributed by atoms with van der Waals surface area (Å²) < 4.78 is 12.1. The maximum atomic E-state index is 12.0. The minimum Gasteiger partial charge on any atom is -0.442 e. The molecular weight excluding hydrogens is 358 g/mol. The highest BCUT2D eigenvalue weighted by atomic mass is 16.6. The number of anilines is 1. The molecule has 2 aromatic heterocycles. The Morgan fingerprint density at radius 1 is 1.33 bits per heavy atom. The molecule has 3 rings (SSSR count). The van der Waals surface area contributed by atoms with Crippen molar-refractivity contribution in [1.29, 1.82) is 0 Å². The Hall–Kier alpha value is -2.34. The Morgan fingerprint density at radius 3 is 2.63 bits per heavy atom. The number of carbonyl (C=O) groups is 1. The van der Waals surface area contributed by atoms with Crippen LogP contribution in [0.25, 0.3) is 11.0 Å². The molecule has 1 aliphatic rings. The molecule has 1 fully saturated rings. The number of esters is 1. The van der Waals surface area contributed by atoms with Crippen LogP contribution in [-0.2, 0) is 21.0 Å². The number of hydrogen-bond donors (Lipinski definition) is 4. The summed E-state index contributed by atoms with van der Waals surface area (Å²) in [6.45, 7) is 4.46. The fourth-order valence-electron chi connectivity index (χ4n) is 2.81. The molecule has 148 valence electrons. The summed E-state index contributed by atoms with van der Waals surface area (Å²) in [6.07, 6.45) is -3.35. The van der Waals surface area contributed by atoms with E-state index in [1.54, 1.807) is 20.8 Å². The van der Waals surface area contributed by atoms with Gasteiger partial charge in [0.2, 0.25) is 0 Å². The summed E-state index contributed by atoms with van der Waals surface area (Å²) >= 11 is 0. The van der Waals surface area contributed by atoms with E-state index in [4.69, 9.17) is 15.2 Å². The van der Waals surface area contributed by atoms with Crippen molar-refractivity contribution >= 4 is 22.8 Å². The number of fused-ring (bicyclic) bond motifs is 1. The highest BCUT2D eigenvalue weighted by Gasteiger charge is 2.45. The van der Waals surface area contributed by atoms with Crippen LogP contribution in [0.1, 0.15) is 32.6 Å². The summed E-state index contributed by atoms with van der Waals surface area (Å²) in [6, 6.07) is 0. The van der Waals surface area contributed by atoms with E-state index in [-0.39, 0.29) is 18.2 Å². The zero-order chi connectivity index (χ0) is 19.9. The number of aliphatic hydroxyl groups excluding tert-OH is 3. The number of nitrogen functional groups attached to an aromatic ring is 1. The second kappa shape index (κ2) is 7.00. The smallest absolute Gasteiger partial charge is 0.313 e. The van der Waals surface area contributed by atoms with Crippen molar-refractivity contribution in [2.24, 2.45) is 5.41 Å². The zero-order valence-electron chi connectivity index (χ0n) is 15.2. The van der Waals surface area contributed by atoms with E-state index in [1.807, 2.05) is 0 Å². The normalized spacial score (nSPS) is 25.9. The number of nitrogens with two attached hydrogens (primary N) is 1. The molecule has 5 N–H and O–H groups in total. The molecule has 0 radical (unpaired) electrons. The lowest BCUT2D eigenvalue weighted by atomic mass is 9.98. The summed E-state index contributed by atoms with van der Waals surface area (Å²) in [5.41, 5.74) is 6.04. The van der Waals surface area contributed by atoms with Crippen LogP contribution in [0.2, 0.25) is 0 Å². The summed E-state index contributed by atoms with van der Waals surface area (Å²) in [7, 11) is 0. The average molecular weight is 381 g/mol. The van der Waals surface area contributed by atoms with Crippen LogP contribution < -0.4 is 5.73 Å². The van der Waals surface area contributed by atoms with Gasteiger partial charge in [-0.25, -0.2) is 14.6 Å². The molecule has 0 amide bonds. The van der Waals surface area contributed by atoms with Crippen LogP contribution in [0.3, 0.4) is 0 Å². The highest BCUT2D eigenvalue weighted by molar-refractivity contribution is 5.86. The summed E-state index contributed by atoms with van der Waals surface area (Å²) in [5.74, 6) is -0.326. The molecule has 1 aliphatic heterocycles. The van der Waals surface area contributed by atoms with Crippen molar-refractivity contribution in [3.8, 4) is 0 Å². The van der Waals surface area contributed by atoms with E-state index < -0.39 is 42.4 Å². The number of carbonyl (C=O) groups excluding carboxylic acids is 1. The third-order valence-corrected chi connectivity index (χ3v) is 4.32. The molecule has 0 bridgehead atoms. The zero-order valence-corrected chi connectivity index (χ0v) is 15.2. The van der Waals surface area contributed by atoms with Crippen molar-refractivity contribution in [1.82, 2.24) is 19.7 Å². The lowest BCUT2D eigenvalue weighted by Crippen LogP contribution is -2.32. The predicted octanol–water partition coefficient (Wildman–Crippen LogP) is -0.891. The van der Waals surface area contributed by atoms with Gasteiger partial charge in [0.05, 0.1) is 12.0 Å². The van der Waals surface area contributed by atoms with E-state index in [9.17, 15) is 20.1 Å². The largest absolute Gasteiger partial charge is 0.442 e. The van der Waals surface area contributed by atoms with Gasteiger partial charge in [-0.15, -0.1) is 0 Å². The first-order valence-corrected chi connectivity index (χ1v) is 8.41. The van der Waals surface area contributed by atoms with E-state index in [1.165, 1.54) is 11.0 Å². The summed E-state index contributed by atoms with van der Waals surface area (Å²) in [5, 5.41) is 33.9. The summed E-state index contributed by atoms with van der Waals surface area (Å²) in [4.78, 5) is 20.1. The minimum absolute atomic E-state index is 0.109. The predicted molar refractivity (Wildman–Crippen MR) is 92.0 cm³/mol.